The summed E-state index contributed by atoms with van der Waals surface area (Å²) >= 11 is 0. The van der Waals surface area contributed by atoms with Crippen LogP contribution in [-0.2, 0) is 11.2 Å². The number of hydrogen-bond donors (Lipinski definition) is 3. The lowest BCUT2D eigenvalue weighted by Crippen LogP contribution is -2.36. The van der Waals surface area contributed by atoms with Gasteiger partial charge in [0, 0.05) is 0 Å². The number of carboxylic acid groups (broad SMARTS) is 1. The van der Waals surface area contributed by atoms with Crippen LogP contribution >= 0.6 is 0 Å². The van der Waals surface area contributed by atoms with Crippen molar-refractivity contribution in [3.8, 4) is 5.75 Å². The molecule has 1 saturated heterocycles. The lowest BCUT2D eigenvalue weighted by atomic mass is 9.89. The zero-order valence-electron chi connectivity index (χ0n) is 13.8. The predicted octanol–water partition coefficient (Wildman–Crippen LogP) is 2.19. The third-order valence-corrected chi connectivity index (χ3v) is 4.47. The predicted molar refractivity (Wildman–Crippen MR) is 90.7 cm³/mol. The van der Waals surface area contributed by atoms with Crippen molar-refractivity contribution in [3.05, 3.63) is 29.8 Å². The molecule has 0 radical (unpaired) electrons. The van der Waals surface area contributed by atoms with Crippen LogP contribution in [0.25, 0.3) is 0 Å². The molecule has 2 rings (SSSR count). The maximum atomic E-state index is 10.8. The van der Waals surface area contributed by atoms with Gasteiger partial charge in [0.1, 0.15) is 17.9 Å². The monoisotopic (exact) mass is 320 g/mol. The molecule has 128 valence electrons. The number of rotatable bonds is 8. The first-order valence-electron chi connectivity index (χ1n) is 8.55. The molecule has 0 spiro atoms. The second-order valence-corrected chi connectivity index (χ2v) is 6.33. The number of hydrogen-bond acceptors (Lipinski definition) is 4. The lowest BCUT2D eigenvalue weighted by Gasteiger charge is -2.31. The van der Waals surface area contributed by atoms with Crippen LogP contribution in [0.2, 0.25) is 0 Å². The van der Waals surface area contributed by atoms with Crippen molar-refractivity contribution >= 4 is 5.97 Å². The molecule has 1 aromatic rings. The Morgan fingerprint density at radius 3 is 2.57 bits per heavy atom. The van der Waals surface area contributed by atoms with Crippen LogP contribution in [0.1, 0.15) is 38.2 Å². The molecule has 2 unspecified atom stereocenters. The number of aliphatic carboxylic acids is 1. The minimum Gasteiger partial charge on any atom is -0.490 e. The van der Waals surface area contributed by atoms with E-state index in [0.29, 0.717) is 12.3 Å². The molecule has 1 aliphatic heterocycles. The largest absolute Gasteiger partial charge is 0.490 e. The first kappa shape index (κ1) is 17.8. The fraction of sp³-hybridized carbons (Fsp3) is 0.611. The van der Waals surface area contributed by atoms with Crippen LogP contribution in [0.3, 0.4) is 0 Å². The van der Waals surface area contributed by atoms with Crippen LogP contribution < -0.4 is 15.8 Å². The first-order valence-corrected chi connectivity index (χ1v) is 8.55. The van der Waals surface area contributed by atoms with Crippen molar-refractivity contribution < 1.29 is 14.6 Å². The Morgan fingerprint density at radius 2 is 2.00 bits per heavy atom. The molecule has 0 saturated carbocycles. The molecule has 1 aromatic carbocycles. The molecule has 0 aromatic heterocycles. The van der Waals surface area contributed by atoms with Gasteiger partial charge in [-0.05, 0) is 62.4 Å². The highest BCUT2D eigenvalue weighted by molar-refractivity contribution is 5.73. The summed E-state index contributed by atoms with van der Waals surface area (Å²) in [5, 5.41) is 12.3. The van der Waals surface area contributed by atoms with Crippen molar-refractivity contribution in [2.24, 2.45) is 11.7 Å². The highest BCUT2D eigenvalue weighted by Gasteiger charge is 2.24. The summed E-state index contributed by atoms with van der Waals surface area (Å²) in [7, 11) is 0. The zero-order chi connectivity index (χ0) is 16.7. The fourth-order valence-electron chi connectivity index (χ4n) is 3.11. The van der Waals surface area contributed by atoms with E-state index in [1.165, 1.54) is 0 Å². The smallest absolute Gasteiger partial charge is 0.320 e. The van der Waals surface area contributed by atoms with Crippen molar-refractivity contribution in [2.45, 2.75) is 51.2 Å². The molecule has 0 amide bonds. The van der Waals surface area contributed by atoms with Gasteiger partial charge in [0.15, 0.2) is 0 Å². The summed E-state index contributed by atoms with van der Waals surface area (Å²) in [6, 6.07) is 6.80. The number of benzene rings is 1. The zero-order valence-corrected chi connectivity index (χ0v) is 13.8. The van der Waals surface area contributed by atoms with E-state index in [1.54, 1.807) is 0 Å². The van der Waals surface area contributed by atoms with E-state index in [0.717, 1.165) is 50.1 Å². The maximum absolute atomic E-state index is 10.8. The van der Waals surface area contributed by atoms with Gasteiger partial charge in [0.25, 0.3) is 0 Å². The van der Waals surface area contributed by atoms with Gasteiger partial charge in [-0.3, -0.25) is 4.79 Å². The van der Waals surface area contributed by atoms with Crippen molar-refractivity contribution in [1.29, 1.82) is 0 Å². The molecular weight excluding hydrogens is 292 g/mol. The van der Waals surface area contributed by atoms with Gasteiger partial charge in [0.2, 0.25) is 0 Å². The van der Waals surface area contributed by atoms with Crippen LogP contribution in [0.15, 0.2) is 24.3 Å². The number of nitrogens with one attached hydrogen (secondary N) is 1. The van der Waals surface area contributed by atoms with Gasteiger partial charge in [-0.15, -0.1) is 0 Å². The molecule has 1 fully saturated rings. The molecule has 2 atom stereocenters. The second kappa shape index (κ2) is 8.89. The van der Waals surface area contributed by atoms with Crippen molar-refractivity contribution in [1.82, 2.24) is 5.32 Å². The van der Waals surface area contributed by atoms with E-state index in [4.69, 9.17) is 15.6 Å². The van der Waals surface area contributed by atoms with Gasteiger partial charge in [0.05, 0.1) is 0 Å². The minimum atomic E-state index is -0.973. The minimum absolute atomic E-state index is 0.259. The molecule has 4 N–H and O–H groups in total. The number of nitrogens with two attached hydrogens (primary N) is 1. The number of piperidine rings is 1. The Balaban J connectivity index is 1.95. The van der Waals surface area contributed by atoms with Crippen LogP contribution in [0.4, 0.5) is 0 Å². The third-order valence-electron chi connectivity index (χ3n) is 4.47. The van der Waals surface area contributed by atoms with Crippen LogP contribution in [0, 0.1) is 5.92 Å². The molecule has 5 heteroatoms. The van der Waals surface area contributed by atoms with E-state index in [-0.39, 0.29) is 6.10 Å². The van der Waals surface area contributed by atoms with E-state index in [2.05, 4.69) is 12.2 Å². The molecular formula is C18H28N2O3. The molecule has 1 aliphatic rings. The summed E-state index contributed by atoms with van der Waals surface area (Å²) in [5.41, 5.74) is 6.49. The molecule has 0 bridgehead atoms. The fourth-order valence-corrected chi connectivity index (χ4v) is 3.11. The summed E-state index contributed by atoms with van der Waals surface area (Å²) in [5.74, 6) is 0.491. The molecule has 23 heavy (non-hydrogen) atoms. The standard InChI is InChI=1S/C18H28N2O3/c1-2-3-17(14-8-10-20-11-9-14)23-15-6-4-13(5-7-15)12-16(19)18(21)22/h4-7,14,16-17,20H,2-3,8-12,19H2,1H3,(H,21,22). The number of ether oxygens (including phenoxy) is 1. The highest BCUT2D eigenvalue weighted by Crippen LogP contribution is 2.25. The van der Waals surface area contributed by atoms with Gasteiger partial charge < -0.3 is 20.9 Å². The van der Waals surface area contributed by atoms with E-state index >= 15 is 0 Å². The van der Waals surface area contributed by atoms with Crippen LogP contribution in [0.5, 0.6) is 5.75 Å². The Morgan fingerprint density at radius 1 is 1.35 bits per heavy atom. The van der Waals surface area contributed by atoms with Gasteiger partial charge in [-0.1, -0.05) is 25.5 Å². The summed E-state index contributed by atoms with van der Waals surface area (Å²) in [4.78, 5) is 10.8. The van der Waals surface area contributed by atoms with Crippen LogP contribution in [-0.4, -0.2) is 36.3 Å². The SMILES string of the molecule is CCCC(Oc1ccc(CC(N)C(=O)O)cc1)C1CCNCC1. The first-order chi connectivity index (χ1) is 11.1. The Kier molecular flexibility index (Phi) is 6.86. The van der Waals surface area contributed by atoms with Gasteiger partial charge in [-0.2, -0.15) is 0 Å². The van der Waals surface area contributed by atoms with E-state index < -0.39 is 12.0 Å². The van der Waals surface area contributed by atoms with Gasteiger partial charge in [-0.25, -0.2) is 0 Å². The average molecular weight is 320 g/mol. The summed E-state index contributed by atoms with van der Waals surface area (Å²) < 4.78 is 6.23. The van der Waals surface area contributed by atoms with Gasteiger partial charge >= 0.3 is 5.97 Å². The maximum Gasteiger partial charge on any atom is 0.320 e. The summed E-state index contributed by atoms with van der Waals surface area (Å²) in [6.45, 7) is 4.33. The number of carboxylic acids is 1. The Labute approximate surface area is 138 Å². The van der Waals surface area contributed by atoms with Crippen molar-refractivity contribution in [2.75, 3.05) is 13.1 Å². The normalized spacial score (nSPS) is 18.3. The molecule has 1 heterocycles. The third kappa shape index (κ3) is 5.52. The highest BCUT2D eigenvalue weighted by atomic mass is 16.5. The summed E-state index contributed by atoms with van der Waals surface area (Å²) in [6.07, 6.45) is 5.10. The average Bonchev–Trinajstić information content (AvgIpc) is 2.57. The lowest BCUT2D eigenvalue weighted by molar-refractivity contribution is -0.138. The van der Waals surface area contributed by atoms with E-state index in [1.807, 2.05) is 24.3 Å². The Bertz CT molecular complexity index is 484. The second-order valence-electron chi connectivity index (χ2n) is 6.33. The van der Waals surface area contributed by atoms with Crippen molar-refractivity contribution in [3.63, 3.8) is 0 Å². The molecule has 5 nitrogen and oxygen atoms in total. The quantitative estimate of drug-likeness (QED) is 0.684. The number of carbonyl (C=O) groups is 1. The van der Waals surface area contributed by atoms with E-state index in [9.17, 15) is 4.79 Å². The molecule has 0 aliphatic carbocycles. The topological polar surface area (TPSA) is 84.6 Å². The Hall–Kier alpha value is -1.59.